The molecule has 58 heavy (non-hydrogen) atoms. The zero-order valence-electron chi connectivity index (χ0n) is 32.5. The second-order valence-electron chi connectivity index (χ2n) is 15.4. The largest absolute Gasteiger partial charge is 0.309 e. The molecule has 11 aromatic carbocycles. The maximum absolute atomic E-state index is 2.46. The lowest BCUT2D eigenvalue weighted by molar-refractivity contribution is 1.31. The van der Waals surface area contributed by atoms with E-state index in [-0.39, 0.29) is 0 Å². The van der Waals surface area contributed by atoms with Crippen molar-refractivity contribution in [3.05, 3.63) is 217 Å². The Morgan fingerprint density at radius 3 is 0.828 bits per heavy atom. The summed E-state index contributed by atoms with van der Waals surface area (Å²) in [6, 6.07) is 75.5. The lowest BCUT2D eigenvalue weighted by atomic mass is 9.91. The van der Waals surface area contributed by atoms with Crippen LogP contribution in [0.15, 0.2) is 206 Å². The normalized spacial score (nSPS) is 11.6. The fourth-order valence-corrected chi connectivity index (χ4v) is 9.34. The molecule has 2 heteroatoms. The van der Waals surface area contributed by atoms with Crippen molar-refractivity contribution in [2.75, 3.05) is 9.80 Å². The summed E-state index contributed by atoms with van der Waals surface area (Å²) in [4.78, 5) is 4.91. The van der Waals surface area contributed by atoms with Crippen molar-refractivity contribution in [1.82, 2.24) is 0 Å². The van der Waals surface area contributed by atoms with E-state index in [0.717, 1.165) is 34.1 Å². The molecule has 0 unspecified atom stereocenters. The summed E-state index contributed by atoms with van der Waals surface area (Å²) < 4.78 is 0. The average molecular weight is 741 g/mol. The summed E-state index contributed by atoms with van der Waals surface area (Å²) in [6.45, 7) is 4.59. The summed E-state index contributed by atoms with van der Waals surface area (Å²) in [5.74, 6) is 0. The zero-order chi connectivity index (χ0) is 38.7. The minimum Gasteiger partial charge on any atom is -0.309 e. The number of aryl methyl sites for hydroxylation is 2. The van der Waals surface area contributed by atoms with Gasteiger partial charge in [-0.3, -0.25) is 0 Å². The fraction of sp³-hybridized carbons (Fsp3) is 0.0357. The van der Waals surface area contributed by atoms with Crippen LogP contribution in [0.2, 0.25) is 0 Å². The van der Waals surface area contributed by atoms with Crippen LogP contribution in [-0.4, -0.2) is 0 Å². The van der Waals surface area contributed by atoms with Crippen molar-refractivity contribution in [3.63, 3.8) is 0 Å². The highest BCUT2D eigenvalue weighted by molar-refractivity contribution is 6.11. The standard InChI is InChI=1S/C56H40N2/c1-37-45-33-31-44(58(55-29-13-21-41-17-5-9-25-49(41)55)56-30-14-22-42-18-6-10-26-50(42)56)36-52(45)38(2)46-34-32-43(35-51(37)46)57(53-27-11-19-39-15-3-7-23-47(39)53)54-28-12-20-40-16-4-8-24-48(40)54/h3-36H,1-2H3. The third-order valence-corrected chi connectivity index (χ3v) is 12.2. The molecule has 0 heterocycles. The van der Waals surface area contributed by atoms with Gasteiger partial charge >= 0.3 is 0 Å². The molecule has 0 aromatic heterocycles. The maximum Gasteiger partial charge on any atom is 0.0540 e. The molecule has 274 valence electrons. The monoisotopic (exact) mass is 740 g/mol. The molecule has 0 N–H and O–H groups in total. The Morgan fingerprint density at radius 1 is 0.241 bits per heavy atom. The zero-order valence-corrected chi connectivity index (χ0v) is 32.5. The molecule has 0 aliphatic rings. The van der Waals surface area contributed by atoms with Crippen LogP contribution in [-0.2, 0) is 0 Å². The number of fused-ring (bicyclic) bond motifs is 6. The van der Waals surface area contributed by atoms with Crippen molar-refractivity contribution in [2.45, 2.75) is 13.8 Å². The predicted octanol–water partition coefficient (Wildman–Crippen LogP) is 16.2. The molecule has 0 amide bonds. The molecule has 11 aromatic rings. The van der Waals surface area contributed by atoms with Gasteiger partial charge in [0.05, 0.1) is 22.7 Å². The summed E-state index contributed by atoms with van der Waals surface area (Å²) in [5.41, 5.74) is 9.48. The van der Waals surface area contributed by atoms with E-state index >= 15 is 0 Å². The molecule has 0 saturated carbocycles. The summed E-state index contributed by atoms with van der Waals surface area (Å²) in [7, 11) is 0. The van der Waals surface area contributed by atoms with Crippen LogP contribution < -0.4 is 9.80 Å². The molecular weight excluding hydrogens is 701 g/mol. The number of hydrogen-bond acceptors (Lipinski definition) is 2. The minimum atomic E-state index is 1.14. The van der Waals surface area contributed by atoms with Gasteiger partial charge in [0, 0.05) is 32.9 Å². The van der Waals surface area contributed by atoms with Gasteiger partial charge in [-0.25, -0.2) is 0 Å². The molecule has 11 rings (SSSR count). The number of hydrogen-bond donors (Lipinski definition) is 0. The first-order valence-corrected chi connectivity index (χ1v) is 20.1. The predicted molar refractivity (Wildman–Crippen MR) is 250 cm³/mol. The van der Waals surface area contributed by atoms with E-state index < -0.39 is 0 Å². The van der Waals surface area contributed by atoms with Gasteiger partial charge in [0.25, 0.3) is 0 Å². The van der Waals surface area contributed by atoms with E-state index in [2.05, 4.69) is 230 Å². The number of benzene rings is 11. The van der Waals surface area contributed by atoms with Crippen LogP contribution >= 0.6 is 0 Å². The van der Waals surface area contributed by atoms with Crippen molar-refractivity contribution in [2.24, 2.45) is 0 Å². The van der Waals surface area contributed by atoms with Crippen LogP contribution in [0.4, 0.5) is 34.1 Å². The Kier molecular flexibility index (Phi) is 7.97. The quantitative estimate of drug-likeness (QED) is 0.157. The van der Waals surface area contributed by atoms with E-state index in [4.69, 9.17) is 0 Å². The van der Waals surface area contributed by atoms with Crippen molar-refractivity contribution >= 4 is 98.8 Å². The van der Waals surface area contributed by atoms with Crippen molar-refractivity contribution in [1.29, 1.82) is 0 Å². The van der Waals surface area contributed by atoms with Crippen molar-refractivity contribution < 1.29 is 0 Å². The molecule has 0 atom stereocenters. The van der Waals surface area contributed by atoms with Gasteiger partial charge in [0.2, 0.25) is 0 Å². The van der Waals surface area contributed by atoms with Gasteiger partial charge in [-0.2, -0.15) is 0 Å². The highest BCUT2D eigenvalue weighted by Crippen LogP contribution is 2.46. The van der Waals surface area contributed by atoms with E-state index in [1.165, 1.54) is 75.8 Å². The van der Waals surface area contributed by atoms with Crippen LogP contribution in [0.25, 0.3) is 64.6 Å². The third-order valence-electron chi connectivity index (χ3n) is 12.2. The van der Waals surface area contributed by atoms with Crippen LogP contribution in [0.1, 0.15) is 11.1 Å². The minimum absolute atomic E-state index is 1.14. The molecule has 0 aliphatic heterocycles. The van der Waals surface area contributed by atoms with Crippen molar-refractivity contribution in [3.8, 4) is 0 Å². The Balaban J connectivity index is 1.13. The van der Waals surface area contributed by atoms with Crippen LogP contribution in [0.5, 0.6) is 0 Å². The van der Waals surface area contributed by atoms with Gasteiger partial charge in [-0.1, -0.05) is 158 Å². The number of nitrogens with zero attached hydrogens (tertiary/aromatic N) is 2. The van der Waals surface area contributed by atoms with Gasteiger partial charge in [-0.15, -0.1) is 0 Å². The van der Waals surface area contributed by atoms with E-state index in [1.807, 2.05) is 0 Å². The van der Waals surface area contributed by atoms with E-state index in [0.29, 0.717) is 0 Å². The third kappa shape index (κ3) is 5.41. The molecule has 2 nitrogen and oxygen atoms in total. The molecule has 0 radical (unpaired) electrons. The Bertz CT molecular complexity index is 2990. The van der Waals surface area contributed by atoms with Gasteiger partial charge in [-0.05, 0) is 117 Å². The van der Waals surface area contributed by atoms with Crippen LogP contribution in [0, 0.1) is 13.8 Å². The van der Waals surface area contributed by atoms with E-state index in [9.17, 15) is 0 Å². The summed E-state index contributed by atoms with van der Waals surface area (Å²) >= 11 is 0. The molecular formula is C56H40N2. The Hall–Kier alpha value is -7.42. The van der Waals surface area contributed by atoms with Gasteiger partial charge in [0.15, 0.2) is 0 Å². The summed E-state index contributed by atoms with van der Waals surface area (Å²) in [5, 5.41) is 14.8. The van der Waals surface area contributed by atoms with Gasteiger partial charge in [0.1, 0.15) is 0 Å². The van der Waals surface area contributed by atoms with Gasteiger partial charge < -0.3 is 9.80 Å². The summed E-state index contributed by atoms with van der Waals surface area (Å²) in [6.07, 6.45) is 0. The average Bonchev–Trinajstić information content (AvgIpc) is 3.28. The SMILES string of the molecule is Cc1c2ccc(N(c3cccc4ccccc34)c3cccc4ccccc34)cc2c(C)c2ccc(N(c3cccc4ccccc34)c3cccc4ccccc34)cc12. The lowest BCUT2D eigenvalue weighted by Gasteiger charge is -2.29. The lowest BCUT2D eigenvalue weighted by Crippen LogP contribution is -2.11. The highest BCUT2D eigenvalue weighted by atomic mass is 15.2. The maximum atomic E-state index is 2.46. The number of rotatable bonds is 6. The second kappa shape index (κ2) is 13.7. The highest BCUT2D eigenvalue weighted by Gasteiger charge is 2.22. The Labute approximate surface area is 338 Å². The first-order valence-electron chi connectivity index (χ1n) is 20.1. The molecule has 0 saturated heterocycles. The van der Waals surface area contributed by atoms with E-state index in [1.54, 1.807) is 0 Å². The number of anilines is 6. The Morgan fingerprint density at radius 2 is 0.517 bits per heavy atom. The molecule has 0 aliphatic carbocycles. The molecule has 0 spiro atoms. The fourth-order valence-electron chi connectivity index (χ4n) is 9.34. The topological polar surface area (TPSA) is 6.48 Å². The van der Waals surface area contributed by atoms with Crippen LogP contribution in [0.3, 0.4) is 0 Å². The molecule has 0 fully saturated rings. The first-order chi connectivity index (χ1) is 28.6. The second-order valence-corrected chi connectivity index (χ2v) is 15.4. The molecule has 0 bridgehead atoms. The first kappa shape index (κ1) is 33.9. The smallest absolute Gasteiger partial charge is 0.0540 e.